The monoisotopic (exact) mass is 247 g/mol. The van der Waals surface area contributed by atoms with Crippen molar-refractivity contribution in [2.24, 2.45) is 5.73 Å². The van der Waals surface area contributed by atoms with Crippen LogP contribution in [0.5, 0.6) is 0 Å². The molecule has 2 N–H and O–H groups in total. The maximum atomic E-state index is 11.8. The Hall–Kier alpha value is -0.300. The molecule has 0 aliphatic heterocycles. The second kappa shape index (κ2) is 5.16. The van der Waals surface area contributed by atoms with E-state index in [1.54, 1.807) is 0 Å². The zero-order valence-electron chi connectivity index (χ0n) is 8.71. The van der Waals surface area contributed by atoms with Crippen LogP contribution in [0.2, 0.25) is 0 Å². The van der Waals surface area contributed by atoms with Gasteiger partial charge in [0.1, 0.15) is 0 Å². The summed E-state index contributed by atoms with van der Waals surface area (Å²) in [6.45, 7) is 1.41. The number of sulfone groups is 1. The minimum Gasteiger partial charge on any atom is -0.327 e. The molecule has 0 saturated carbocycles. The summed E-state index contributed by atoms with van der Waals surface area (Å²) in [6.07, 6.45) is -4.16. The number of hydrogen-bond acceptors (Lipinski definition) is 3. The molecule has 2 unspecified atom stereocenters. The van der Waals surface area contributed by atoms with Gasteiger partial charge >= 0.3 is 6.18 Å². The first-order valence-corrected chi connectivity index (χ1v) is 6.50. The van der Waals surface area contributed by atoms with E-state index in [1.165, 1.54) is 6.92 Å². The highest BCUT2D eigenvalue weighted by molar-refractivity contribution is 7.91. The molecular formula is C8H16F3NO2S. The van der Waals surface area contributed by atoms with E-state index in [0.717, 1.165) is 6.26 Å². The van der Waals surface area contributed by atoms with Crippen LogP contribution in [0.25, 0.3) is 0 Å². The smallest absolute Gasteiger partial charge is 0.327 e. The van der Waals surface area contributed by atoms with Gasteiger partial charge in [-0.05, 0) is 19.8 Å². The highest BCUT2D eigenvalue weighted by atomic mass is 32.2. The fourth-order valence-corrected chi connectivity index (χ4v) is 1.86. The van der Waals surface area contributed by atoms with Crippen molar-refractivity contribution < 1.29 is 21.6 Å². The van der Waals surface area contributed by atoms with Crippen molar-refractivity contribution in [2.45, 2.75) is 43.7 Å². The molecule has 0 aliphatic carbocycles. The number of nitrogens with two attached hydrogens (primary N) is 1. The van der Waals surface area contributed by atoms with Crippen molar-refractivity contribution in [2.75, 3.05) is 6.26 Å². The van der Waals surface area contributed by atoms with Crippen LogP contribution in [-0.4, -0.2) is 32.1 Å². The van der Waals surface area contributed by atoms with Crippen molar-refractivity contribution in [1.82, 2.24) is 0 Å². The molecule has 0 spiro atoms. The largest absolute Gasteiger partial charge is 0.389 e. The first-order valence-electron chi connectivity index (χ1n) is 4.55. The minimum absolute atomic E-state index is 0.0632. The number of halogens is 3. The summed E-state index contributed by atoms with van der Waals surface area (Å²) < 4.78 is 57.4. The Labute approximate surface area is 87.8 Å². The third-order valence-electron chi connectivity index (χ3n) is 2.28. The van der Waals surface area contributed by atoms with E-state index in [-0.39, 0.29) is 12.8 Å². The molecule has 2 atom stereocenters. The molecule has 0 amide bonds. The quantitative estimate of drug-likeness (QED) is 0.800. The molecule has 0 heterocycles. The lowest BCUT2D eigenvalue weighted by molar-refractivity contribution is -0.135. The summed E-state index contributed by atoms with van der Waals surface area (Å²) >= 11 is 0. The Morgan fingerprint density at radius 3 is 2.13 bits per heavy atom. The maximum absolute atomic E-state index is 11.8. The Bertz CT molecular complexity index is 287. The summed E-state index contributed by atoms with van der Waals surface area (Å²) in [7, 11) is -3.27. The lowest BCUT2D eigenvalue weighted by Crippen LogP contribution is -2.37. The molecule has 7 heteroatoms. The van der Waals surface area contributed by atoms with Gasteiger partial charge in [0.25, 0.3) is 0 Å². The van der Waals surface area contributed by atoms with Crippen molar-refractivity contribution in [3.8, 4) is 0 Å². The van der Waals surface area contributed by atoms with Crippen LogP contribution in [0, 0.1) is 0 Å². The fourth-order valence-electron chi connectivity index (χ4n) is 1.09. The summed E-state index contributed by atoms with van der Waals surface area (Å²) in [5, 5.41) is -0.800. The Balaban J connectivity index is 4.01. The van der Waals surface area contributed by atoms with Crippen LogP contribution in [0.3, 0.4) is 0 Å². The zero-order chi connectivity index (χ0) is 12.3. The molecule has 0 aromatic carbocycles. The number of rotatable bonds is 5. The normalized spacial score (nSPS) is 17.5. The second-order valence-electron chi connectivity index (χ2n) is 3.71. The van der Waals surface area contributed by atoms with E-state index >= 15 is 0 Å². The van der Waals surface area contributed by atoms with E-state index in [4.69, 9.17) is 5.73 Å². The van der Waals surface area contributed by atoms with Gasteiger partial charge in [0.15, 0.2) is 9.84 Å². The van der Waals surface area contributed by atoms with Gasteiger partial charge in [-0.25, -0.2) is 8.42 Å². The first kappa shape index (κ1) is 14.7. The average Bonchev–Trinajstić information content (AvgIpc) is 1.98. The van der Waals surface area contributed by atoms with Crippen molar-refractivity contribution in [3.63, 3.8) is 0 Å². The van der Waals surface area contributed by atoms with Crippen molar-refractivity contribution in [1.29, 1.82) is 0 Å². The molecular weight excluding hydrogens is 231 g/mol. The molecule has 0 bridgehead atoms. The van der Waals surface area contributed by atoms with Gasteiger partial charge in [-0.3, -0.25) is 0 Å². The number of alkyl halides is 3. The topological polar surface area (TPSA) is 60.2 Å². The molecule has 0 aliphatic rings. The van der Waals surface area contributed by atoms with Crippen LogP contribution < -0.4 is 5.73 Å². The first-order chi connectivity index (χ1) is 6.54. The predicted molar refractivity (Wildman–Crippen MR) is 52.2 cm³/mol. The zero-order valence-corrected chi connectivity index (χ0v) is 9.53. The van der Waals surface area contributed by atoms with Gasteiger partial charge in [0.05, 0.1) is 5.25 Å². The lowest BCUT2D eigenvalue weighted by Gasteiger charge is -2.18. The molecule has 0 aromatic rings. The van der Waals surface area contributed by atoms with E-state index < -0.39 is 33.7 Å². The van der Waals surface area contributed by atoms with E-state index in [2.05, 4.69) is 0 Å². The predicted octanol–water partition coefficient (Wildman–Crippen LogP) is 1.48. The molecule has 0 rings (SSSR count). The molecule has 3 nitrogen and oxygen atoms in total. The highest BCUT2D eigenvalue weighted by Gasteiger charge is 2.28. The van der Waals surface area contributed by atoms with Gasteiger partial charge < -0.3 is 5.73 Å². The van der Waals surface area contributed by atoms with E-state index in [1.807, 2.05) is 0 Å². The Morgan fingerprint density at radius 1 is 1.33 bits per heavy atom. The molecule has 0 fully saturated rings. The van der Waals surface area contributed by atoms with Gasteiger partial charge in [-0.1, -0.05) is 0 Å². The minimum atomic E-state index is -4.20. The van der Waals surface area contributed by atoms with Crippen molar-refractivity contribution >= 4 is 9.84 Å². The lowest BCUT2D eigenvalue weighted by atomic mass is 10.1. The Kier molecular flexibility index (Phi) is 5.05. The fraction of sp³-hybridized carbons (Fsp3) is 1.00. The standard InChI is InChI=1S/C8H16F3NO2S/c1-6(15(2,13)14)7(12)4-3-5-8(9,10)11/h6-7H,3-5,12H2,1-2H3. The van der Waals surface area contributed by atoms with Crippen LogP contribution >= 0.6 is 0 Å². The third kappa shape index (κ3) is 6.72. The van der Waals surface area contributed by atoms with Crippen LogP contribution in [0.4, 0.5) is 13.2 Å². The van der Waals surface area contributed by atoms with Gasteiger partial charge in [0.2, 0.25) is 0 Å². The molecule has 15 heavy (non-hydrogen) atoms. The summed E-state index contributed by atoms with van der Waals surface area (Å²) in [4.78, 5) is 0. The molecule has 0 saturated heterocycles. The third-order valence-corrected chi connectivity index (χ3v) is 3.98. The maximum Gasteiger partial charge on any atom is 0.389 e. The van der Waals surface area contributed by atoms with Gasteiger partial charge in [0, 0.05) is 18.7 Å². The molecule has 0 radical (unpaired) electrons. The summed E-state index contributed by atoms with van der Waals surface area (Å²) in [5.41, 5.74) is 5.49. The molecule has 0 aromatic heterocycles. The van der Waals surface area contributed by atoms with Crippen LogP contribution in [-0.2, 0) is 9.84 Å². The summed E-state index contributed by atoms with van der Waals surface area (Å²) in [6, 6.07) is -0.734. The van der Waals surface area contributed by atoms with Crippen LogP contribution in [0.1, 0.15) is 26.2 Å². The van der Waals surface area contributed by atoms with Gasteiger partial charge in [-0.2, -0.15) is 13.2 Å². The van der Waals surface area contributed by atoms with Gasteiger partial charge in [-0.15, -0.1) is 0 Å². The summed E-state index contributed by atoms with van der Waals surface area (Å²) in [5.74, 6) is 0. The van der Waals surface area contributed by atoms with Crippen LogP contribution in [0.15, 0.2) is 0 Å². The highest BCUT2D eigenvalue weighted by Crippen LogP contribution is 2.23. The number of hydrogen-bond donors (Lipinski definition) is 1. The Morgan fingerprint density at radius 2 is 1.80 bits per heavy atom. The van der Waals surface area contributed by atoms with Crippen molar-refractivity contribution in [3.05, 3.63) is 0 Å². The average molecular weight is 247 g/mol. The molecule has 92 valence electrons. The second-order valence-corrected chi connectivity index (χ2v) is 6.11. The SMILES string of the molecule is CC(C(N)CCCC(F)(F)F)S(C)(=O)=O. The van der Waals surface area contributed by atoms with E-state index in [9.17, 15) is 21.6 Å². The van der Waals surface area contributed by atoms with E-state index in [0.29, 0.717) is 0 Å².